The SMILES string of the molecule is CC(=O)COC1CCC(O)CC1. The topological polar surface area (TPSA) is 46.5 Å². The van der Waals surface area contributed by atoms with Gasteiger partial charge in [0.1, 0.15) is 6.61 Å². The highest BCUT2D eigenvalue weighted by Gasteiger charge is 2.19. The molecule has 12 heavy (non-hydrogen) atoms. The van der Waals surface area contributed by atoms with Gasteiger partial charge in [0.2, 0.25) is 0 Å². The van der Waals surface area contributed by atoms with E-state index in [1.165, 1.54) is 6.92 Å². The van der Waals surface area contributed by atoms with Gasteiger partial charge >= 0.3 is 0 Å². The lowest BCUT2D eigenvalue weighted by Gasteiger charge is -2.24. The van der Waals surface area contributed by atoms with Crippen LogP contribution in [0.4, 0.5) is 0 Å². The van der Waals surface area contributed by atoms with Gasteiger partial charge in [-0.05, 0) is 32.6 Å². The van der Waals surface area contributed by atoms with Crippen molar-refractivity contribution in [1.29, 1.82) is 0 Å². The van der Waals surface area contributed by atoms with Gasteiger partial charge in [0.15, 0.2) is 5.78 Å². The molecule has 1 aliphatic carbocycles. The standard InChI is InChI=1S/C9H16O3/c1-7(10)6-12-9-4-2-8(11)3-5-9/h8-9,11H,2-6H2,1H3. The minimum atomic E-state index is -0.151. The van der Waals surface area contributed by atoms with Crippen molar-refractivity contribution in [2.45, 2.75) is 44.8 Å². The zero-order chi connectivity index (χ0) is 8.97. The van der Waals surface area contributed by atoms with Crippen LogP contribution in [-0.4, -0.2) is 29.7 Å². The molecule has 0 bridgehead atoms. The van der Waals surface area contributed by atoms with Gasteiger partial charge in [0.25, 0.3) is 0 Å². The van der Waals surface area contributed by atoms with E-state index in [0.29, 0.717) is 0 Å². The molecule has 0 aromatic carbocycles. The smallest absolute Gasteiger partial charge is 0.155 e. The molecule has 1 aliphatic rings. The summed E-state index contributed by atoms with van der Waals surface area (Å²) in [6.07, 6.45) is 3.42. The summed E-state index contributed by atoms with van der Waals surface area (Å²) in [5, 5.41) is 9.18. The van der Waals surface area contributed by atoms with Gasteiger partial charge in [-0.3, -0.25) is 4.79 Å². The summed E-state index contributed by atoms with van der Waals surface area (Å²) in [5.41, 5.74) is 0. The molecule has 0 amide bonds. The van der Waals surface area contributed by atoms with Crippen LogP contribution in [0.1, 0.15) is 32.6 Å². The first-order valence-electron chi connectivity index (χ1n) is 4.47. The molecule has 0 saturated heterocycles. The number of Topliss-reactive ketones (excluding diaryl/α,β-unsaturated/α-hetero) is 1. The molecule has 1 rings (SSSR count). The fourth-order valence-electron chi connectivity index (χ4n) is 1.45. The van der Waals surface area contributed by atoms with E-state index >= 15 is 0 Å². The lowest BCUT2D eigenvalue weighted by molar-refractivity contribution is -0.124. The molecule has 0 unspecified atom stereocenters. The maximum atomic E-state index is 10.6. The summed E-state index contributed by atoms with van der Waals surface area (Å²) in [5.74, 6) is 0.0705. The Morgan fingerprint density at radius 1 is 1.42 bits per heavy atom. The van der Waals surface area contributed by atoms with Crippen LogP contribution in [0.3, 0.4) is 0 Å². The van der Waals surface area contributed by atoms with Gasteiger partial charge in [0.05, 0.1) is 12.2 Å². The Morgan fingerprint density at radius 2 is 2.00 bits per heavy atom. The summed E-state index contributed by atoms with van der Waals surface area (Å²) in [6, 6.07) is 0. The molecule has 1 N–H and O–H groups in total. The van der Waals surface area contributed by atoms with Crippen molar-refractivity contribution in [1.82, 2.24) is 0 Å². The summed E-state index contributed by atoms with van der Waals surface area (Å²) in [6.45, 7) is 1.75. The summed E-state index contributed by atoms with van der Waals surface area (Å²) in [4.78, 5) is 10.6. The Labute approximate surface area is 72.7 Å². The number of rotatable bonds is 3. The molecule has 0 atom stereocenters. The first-order valence-corrected chi connectivity index (χ1v) is 4.47. The second kappa shape index (κ2) is 4.58. The molecule has 3 nitrogen and oxygen atoms in total. The third kappa shape index (κ3) is 3.32. The van der Waals surface area contributed by atoms with Crippen molar-refractivity contribution < 1.29 is 14.6 Å². The summed E-state index contributed by atoms with van der Waals surface area (Å²) >= 11 is 0. The van der Waals surface area contributed by atoms with Crippen molar-refractivity contribution in [2.75, 3.05) is 6.61 Å². The number of ketones is 1. The van der Waals surface area contributed by atoms with E-state index in [-0.39, 0.29) is 24.6 Å². The number of carbonyl (C=O) groups excluding carboxylic acids is 1. The number of aliphatic hydroxyl groups excluding tert-OH is 1. The van der Waals surface area contributed by atoms with Crippen molar-refractivity contribution >= 4 is 5.78 Å². The zero-order valence-corrected chi connectivity index (χ0v) is 7.45. The van der Waals surface area contributed by atoms with Crippen molar-refractivity contribution in [2.24, 2.45) is 0 Å². The van der Waals surface area contributed by atoms with E-state index in [0.717, 1.165) is 25.7 Å². The second-order valence-electron chi connectivity index (χ2n) is 3.44. The van der Waals surface area contributed by atoms with E-state index in [2.05, 4.69) is 0 Å². The summed E-state index contributed by atoms with van der Waals surface area (Å²) in [7, 11) is 0. The minimum absolute atomic E-state index is 0.0705. The molecule has 70 valence electrons. The lowest BCUT2D eigenvalue weighted by Crippen LogP contribution is -2.25. The van der Waals surface area contributed by atoms with Gasteiger partial charge < -0.3 is 9.84 Å². The highest BCUT2D eigenvalue weighted by atomic mass is 16.5. The maximum absolute atomic E-state index is 10.6. The third-order valence-corrected chi connectivity index (χ3v) is 2.17. The second-order valence-corrected chi connectivity index (χ2v) is 3.44. The van der Waals surface area contributed by atoms with Gasteiger partial charge in [-0.2, -0.15) is 0 Å². The fraction of sp³-hybridized carbons (Fsp3) is 0.889. The Hall–Kier alpha value is -0.410. The Bertz CT molecular complexity index is 148. The Kier molecular flexibility index (Phi) is 3.69. The van der Waals surface area contributed by atoms with Crippen molar-refractivity contribution in [3.63, 3.8) is 0 Å². The van der Waals surface area contributed by atoms with E-state index in [1.807, 2.05) is 0 Å². The van der Waals surface area contributed by atoms with Crippen LogP contribution < -0.4 is 0 Å². The minimum Gasteiger partial charge on any atom is -0.393 e. The van der Waals surface area contributed by atoms with Crippen LogP contribution in [0, 0.1) is 0 Å². The molecular formula is C9H16O3. The Balaban J connectivity index is 2.13. The molecule has 0 aliphatic heterocycles. The quantitative estimate of drug-likeness (QED) is 0.687. The maximum Gasteiger partial charge on any atom is 0.155 e. The lowest BCUT2D eigenvalue weighted by atomic mass is 9.95. The molecule has 0 spiro atoms. The van der Waals surface area contributed by atoms with Crippen molar-refractivity contribution in [3.8, 4) is 0 Å². The average Bonchev–Trinajstić information content (AvgIpc) is 2.03. The fourth-order valence-corrected chi connectivity index (χ4v) is 1.45. The summed E-state index contributed by atoms with van der Waals surface area (Å²) < 4.78 is 5.33. The highest BCUT2D eigenvalue weighted by Crippen LogP contribution is 2.20. The number of hydrogen-bond acceptors (Lipinski definition) is 3. The molecule has 1 fully saturated rings. The number of carbonyl (C=O) groups is 1. The monoisotopic (exact) mass is 172 g/mol. The Morgan fingerprint density at radius 3 is 2.50 bits per heavy atom. The van der Waals surface area contributed by atoms with Crippen LogP contribution in [-0.2, 0) is 9.53 Å². The van der Waals surface area contributed by atoms with Crippen LogP contribution >= 0.6 is 0 Å². The van der Waals surface area contributed by atoms with E-state index in [4.69, 9.17) is 4.74 Å². The molecule has 0 heterocycles. The molecule has 1 saturated carbocycles. The van der Waals surface area contributed by atoms with Gasteiger partial charge in [-0.1, -0.05) is 0 Å². The predicted molar refractivity (Wildman–Crippen MR) is 44.9 cm³/mol. The zero-order valence-electron chi connectivity index (χ0n) is 7.45. The largest absolute Gasteiger partial charge is 0.393 e. The molecular weight excluding hydrogens is 156 g/mol. The van der Waals surface area contributed by atoms with Crippen LogP contribution in [0.25, 0.3) is 0 Å². The third-order valence-electron chi connectivity index (χ3n) is 2.17. The van der Waals surface area contributed by atoms with Crippen LogP contribution in [0.5, 0.6) is 0 Å². The van der Waals surface area contributed by atoms with Gasteiger partial charge in [-0.25, -0.2) is 0 Å². The highest BCUT2D eigenvalue weighted by molar-refractivity contribution is 5.76. The van der Waals surface area contributed by atoms with Crippen LogP contribution in [0.2, 0.25) is 0 Å². The van der Waals surface area contributed by atoms with Crippen molar-refractivity contribution in [3.05, 3.63) is 0 Å². The first kappa shape index (κ1) is 9.68. The van der Waals surface area contributed by atoms with E-state index in [9.17, 15) is 9.90 Å². The number of aliphatic hydroxyl groups is 1. The number of hydrogen-bond donors (Lipinski definition) is 1. The number of ether oxygens (including phenoxy) is 1. The predicted octanol–water partition coefficient (Wildman–Crippen LogP) is 0.895. The molecule has 3 heteroatoms. The van der Waals surface area contributed by atoms with Gasteiger partial charge in [-0.15, -0.1) is 0 Å². The normalized spacial score (nSPS) is 30.2. The average molecular weight is 172 g/mol. The van der Waals surface area contributed by atoms with E-state index < -0.39 is 0 Å². The molecule has 0 aromatic rings. The van der Waals surface area contributed by atoms with Gasteiger partial charge in [0, 0.05) is 0 Å². The van der Waals surface area contributed by atoms with Crippen LogP contribution in [0.15, 0.2) is 0 Å². The molecule has 0 radical (unpaired) electrons. The first-order chi connectivity index (χ1) is 5.68. The molecule has 0 aromatic heterocycles. The van der Waals surface area contributed by atoms with E-state index in [1.54, 1.807) is 0 Å².